The van der Waals surface area contributed by atoms with Gasteiger partial charge in [-0.25, -0.2) is 4.39 Å². The molecule has 0 atom stereocenters. The van der Waals surface area contributed by atoms with E-state index in [1.165, 1.54) is 12.1 Å². The van der Waals surface area contributed by atoms with Crippen molar-refractivity contribution in [1.82, 2.24) is 0 Å². The molecule has 0 heterocycles. The molecule has 0 N–H and O–H groups in total. The van der Waals surface area contributed by atoms with Crippen molar-refractivity contribution in [3.05, 3.63) is 67.3 Å². The molecule has 5 heteroatoms. The van der Waals surface area contributed by atoms with Gasteiger partial charge in [0.1, 0.15) is 5.82 Å². The van der Waals surface area contributed by atoms with Gasteiger partial charge in [-0.2, -0.15) is 0 Å². The van der Waals surface area contributed by atoms with Crippen LogP contribution in [-0.2, 0) is 6.42 Å². The first-order chi connectivity index (χ1) is 8.94. The van der Waals surface area contributed by atoms with Gasteiger partial charge in [-0.15, -0.1) is 0 Å². The Morgan fingerprint density at radius 2 is 1.74 bits per heavy atom. The van der Waals surface area contributed by atoms with Crippen LogP contribution < -0.4 is 0 Å². The standard InChI is InChI=1S/C14H8Br2ClFO/c15-10-1-8(2-13(18)7-10)3-14(19)9-4-11(16)6-12(17)5-9/h1-2,4-7H,3H2. The monoisotopic (exact) mass is 404 g/mol. The predicted octanol–water partition coefficient (Wildman–Crippen LogP) is 5.43. The highest BCUT2D eigenvalue weighted by Crippen LogP contribution is 2.22. The van der Waals surface area contributed by atoms with Crippen LogP contribution in [0.25, 0.3) is 0 Å². The lowest BCUT2D eigenvalue weighted by atomic mass is 10.0. The summed E-state index contributed by atoms with van der Waals surface area (Å²) in [6.07, 6.45) is 0.128. The van der Waals surface area contributed by atoms with Crippen LogP contribution >= 0.6 is 43.5 Å². The minimum Gasteiger partial charge on any atom is -0.294 e. The number of carbonyl (C=O) groups is 1. The summed E-state index contributed by atoms with van der Waals surface area (Å²) in [4.78, 5) is 12.1. The molecule has 1 nitrogen and oxygen atoms in total. The van der Waals surface area contributed by atoms with Crippen molar-refractivity contribution in [2.45, 2.75) is 6.42 Å². The molecule has 2 aromatic carbocycles. The van der Waals surface area contributed by atoms with E-state index in [-0.39, 0.29) is 18.0 Å². The van der Waals surface area contributed by atoms with Gasteiger partial charge in [-0.05, 0) is 42.0 Å². The Bertz CT molecular complexity index is 603. The Morgan fingerprint density at radius 1 is 1.05 bits per heavy atom. The van der Waals surface area contributed by atoms with E-state index < -0.39 is 0 Å². The molecule has 0 amide bonds. The quantitative estimate of drug-likeness (QED) is 0.621. The second kappa shape index (κ2) is 6.16. The van der Waals surface area contributed by atoms with Crippen molar-refractivity contribution >= 4 is 49.2 Å². The summed E-state index contributed by atoms with van der Waals surface area (Å²) in [6.45, 7) is 0. The molecule has 0 spiro atoms. The molecule has 0 aliphatic heterocycles. The van der Waals surface area contributed by atoms with E-state index in [1.807, 2.05) is 0 Å². The van der Waals surface area contributed by atoms with Gasteiger partial charge in [0.05, 0.1) is 0 Å². The molecule has 0 aliphatic carbocycles. The Hall–Kier alpha value is -0.710. The van der Waals surface area contributed by atoms with Gasteiger partial charge < -0.3 is 0 Å². The molecule has 0 aromatic heterocycles. The first-order valence-corrected chi connectivity index (χ1v) is 7.35. The van der Waals surface area contributed by atoms with E-state index in [2.05, 4.69) is 31.9 Å². The highest BCUT2D eigenvalue weighted by molar-refractivity contribution is 9.10. The molecular weight excluding hydrogens is 398 g/mol. The molecule has 0 radical (unpaired) electrons. The lowest BCUT2D eigenvalue weighted by Crippen LogP contribution is -2.04. The molecule has 0 bridgehead atoms. The summed E-state index contributed by atoms with van der Waals surface area (Å²) in [6, 6.07) is 9.43. The van der Waals surface area contributed by atoms with Gasteiger partial charge in [0, 0.05) is 26.0 Å². The second-order valence-electron chi connectivity index (χ2n) is 4.04. The van der Waals surface area contributed by atoms with Crippen LogP contribution in [0.15, 0.2) is 45.3 Å². The van der Waals surface area contributed by atoms with Gasteiger partial charge in [0.25, 0.3) is 0 Å². The maximum Gasteiger partial charge on any atom is 0.167 e. The molecule has 0 fully saturated rings. The number of hydrogen-bond donors (Lipinski definition) is 0. The van der Waals surface area contributed by atoms with Crippen molar-refractivity contribution in [2.75, 3.05) is 0 Å². The zero-order valence-corrected chi connectivity index (χ0v) is 13.5. The van der Waals surface area contributed by atoms with E-state index in [0.717, 1.165) is 4.47 Å². The molecule has 0 aliphatic rings. The van der Waals surface area contributed by atoms with E-state index >= 15 is 0 Å². The fourth-order valence-electron chi connectivity index (χ4n) is 1.72. The maximum atomic E-state index is 13.2. The zero-order chi connectivity index (χ0) is 14.0. The average Bonchev–Trinajstić information content (AvgIpc) is 2.25. The number of halogens is 4. The van der Waals surface area contributed by atoms with Crippen LogP contribution in [0.5, 0.6) is 0 Å². The first kappa shape index (κ1) is 14.7. The van der Waals surface area contributed by atoms with Crippen molar-refractivity contribution in [3.63, 3.8) is 0 Å². The third kappa shape index (κ3) is 4.13. The molecule has 19 heavy (non-hydrogen) atoms. The Morgan fingerprint density at radius 3 is 2.37 bits per heavy atom. The normalized spacial score (nSPS) is 10.5. The van der Waals surface area contributed by atoms with E-state index in [4.69, 9.17) is 11.6 Å². The Kier molecular flexibility index (Phi) is 4.76. The number of carbonyl (C=O) groups excluding carboxylic acids is 1. The van der Waals surface area contributed by atoms with Gasteiger partial charge in [0.2, 0.25) is 0 Å². The summed E-state index contributed by atoms with van der Waals surface area (Å²) in [7, 11) is 0. The summed E-state index contributed by atoms with van der Waals surface area (Å²) >= 11 is 12.4. The number of ketones is 1. The second-order valence-corrected chi connectivity index (χ2v) is 6.30. The van der Waals surface area contributed by atoms with E-state index in [1.54, 1.807) is 24.3 Å². The molecule has 0 saturated heterocycles. The summed E-state index contributed by atoms with van der Waals surface area (Å²) in [5.74, 6) is -0.481. The molecule has 2 rings (SSSR count). The largest absolute Gasteiger partial charge is 0.294 e. The van der Waals surface area contributed by atoms with Crippen molar-refractivity contribution in [1.29, 1.82) is 0 Å². The average molecular weight is 406 g/mol. The minimum absolute atomic E-state index is 0.110. The van der Waals surface area contributed by atoms with Crippen LogP contribution in [-0.4, -0.2) is 5.78 Å². The van der Waals surface area contributed by atoms with Crippen LogP contribution in [0.1, 0.15) is 15.9 Å². The lowest BCUT2D eigenvalue weighted by Gasteiger charge is -2.04. The van der Waals surface area contributed by atoms with Crippen LogP contribution in [0, 0.1) is 5.82 Å². The number of rotatable bonds is 3. The zero-order valence-electron chi connectivity index (χ0n) is 9.59. The van der Waals surface area contributed by atoms with Crippen molar-refractivity contribution in [2.24, 2.45) is 0 Å². The fourth-order valence-corrected chi connectivity index (χ4v) is 3.09. The molecule has 2 aromatic rings. The number of hydrogen-bond acceptors (Lipinski definition) is 1. The lowest BCUT2D eigenvalue weighted by molar-refractivity contribution is 0.0993. The van der Waals surface area contributed by atoms with Crippen molar-refractivity contribution < 1.29 is 9.18 Å². The minimum atomic E-state index is -0.371. The smallest absolute Gasteiger partial charge is 0.167 e. The Balaban J connectivity index is 2.25. The molecule has 98 valence electrons. The number of benzene rings is 2. The van der Waals surface area contributed by atoms with Crippen LogP contribution in [0.3, 0.4) is 0 Å². The van der Waals surface area contributed by atoms with Crippen molar-refractivity contribution in [3.8, 4) is 0 Å². The van der Waals surface area contributed by atoms with Crippen LogP contribution in [0.2, 0.25) is 5.02 Å². The third-order valence-corrected chi connectivity index (χ3v) is 3.61. The number of Topliss-reactive ketones (excluding diaryl/α,β-unsaturated/α-hetero) is 1. The van der Waals surface area contributed by atoms with Gasteiger partial charge in [-0.1, -0.05) is 43.5 Å². The van der Waals surface area contributed by atoms with E-state index in [0.29, 0.717) is 20.6 Å². The molecule has 0 unspecified atom stereocenters. The topological polar surface area (TPSA) is 17.1 Å². The molecular formula is C14H8Br2ClFO. The third-order valence-electron chi connectivity index (χ3n) is 2.47. The highest BCUT2D eigenvalue weighted by atomic mass is 79.9. The summed E-state index contributed by atoms with van der Waals surface area (Å²) in [5.41, 5.74) is 1.12. The predicted molar refractivity (Wildman–Crippen MR) is 81.3 cm³/mol. The van der Waals surface area contributed by atoms with Crippen LogP contribution in [0.4, 0.5) is 4.39 Å². The SMILES string of the molecule is O=C(Cc1cc(F)cc(Br)c1)c1cc(Cl)cc(Br)c1. The van der Waals surface area contributed by atoms with Gasteiger partial charge >= 0.3 is 0 Å². The van der Waals surface area contributed by atoms with E-state index in [9.17, 15) is 9.18 Å². The Labute approximate surface area is 132 Å². The van der Waals surface area contributed by atoms with Gasteiger partial charge in [0.15, 0.2) is 5.78 Å². The summed E-state index contributed by atoms with van der Waals surface area (Å²) < 4.78 is 14.6. The first-order valence-electron chi connectivity index (χ1n) is 5.38. The van der Waals surface area contributed by atoms with Gasteiger partial charge in [-0.3, -0.25) is 4.79 Å². The molecule has 0 saturated carbocycles. The highest BCUT2D eigenvalue weighted by Gasteiger charge is 2.10. The fraction of sp³-hybridized carbons (Fsp3) is 0.0714. The maximum absolute atomic E-state index is 13.2. The summed E-state index contributed by atoms with van der Waals surface area (Å²) in [5, 5.41) is 0.484.